The summed E-state index contributed by atoms with van der Waals surface area (Å²) in [5.41, 5.74) is 0.854. The molecule has 0 fully saturated rings. The first kappa shape index (κ1) is 19.1. The molecule has 1 aromatic heterocycles. The van der Waals surface area contributed by atoms with Gasteiger partial charge < -0.3 is 9.88 Å². The second-order valence-electron chi connectivity index (χ2n) is 7.28. The number of fused-ring (bicyclic) bond motifs is 1. The molecule has 0 spiro atoms. The molecule has 142 valence electrons. The second-order valence-corrected chi connectivity index (χ2v) is 7.28. The van der Waals surface area contributed by atoms with Gasteiger partial charge in [0.2, 0.25) is 5.91 Å². The van der Waals surface area contributed by atoms with Crippen molar-refractivity contribution in [2.45, 2.75) is 53.0 Å². The zero-order chi connectivity index (χ0) is 19.2. The summed E-state index contributed by atoms with van der Waals surface area (Å²) in [5.74, 6) is 2.56. The highest BCUT2D eigenvalue weighted by molar-refractivity contribution is 6.02. The maximum atomic E-state index is 12.5. The normalized spacial score (nSPS) is 11.3. The molecule has 3 rings (SSSR count). The largest absolute Gasteiger partial charge is 0.326 e. The minimum atomic E-state index is 0.000682. The standard InChI is InChI=1S/C22H28N4O/c1-4-26-20(13-12-16(2)3)24-25-21(26)14-15-22(27)23-19-11-7-9-17-8-5-6-10-18(17)19/h5-11,16H,4,12-15H2,1-3H3,(H,23,27). The molecule has 5 nitrogen and oxygen atoms in total. The maximum absolute atomic E-state index is 12.5. The van der Waals surface area contributed by atoms with Crippen LogP contribution in [0.1, 0.15) is 45.3 Å². The van der Waals surface area contributed by atoms with Crippen LogP contribution in [0.25, 0.3) is 10.8 Å². The van der Waals surface area contributed by atoms with E-state index in [9.17, 15) is 4.79 Å². The quantitative estimate of drug-likeness (QED) is 0.635. The van der Waals surface area contributed by atoms with Gasteiger partial charge in [-0.05, 0) is 30.7 Å². The summed E-state index contributed by atoms with van der Waals surface area (Å²) in [5, 5.41) is 13.9. The lowest BCUT2D eigenvalue weighted by Gasteiger charge is -2.10. The van der Waals surface area contributed by atoms with Crippen molar-refractivity contribution in [1.29, 1.82) is 0 Å². The number of nitrogens with one attached hydrogen (secondary N) is 1. The van der Waals surface area contributed by atoms with E-state index in [-0.39, 0.29) is 5.91 Å². The molecule has 0 unspecified atom stereocenters. The number of rotatable bonds is 8. The summed E-state index contributed by atoms with van der Waals surface area (Å²) in [6.07, 6.45) is 3.02. The van der Waals surface area contributed by atoms with Crippen molar-refractivity contribution in [3.63, 3.8) is 0 Å². The number of hydrogen-bond acceptors (Lipinski definition) is 3. The molecule has 0 bridgehead atoms. The summed E-state index contributed by atoms with van der Waals surface area (Å²) in [6, 6.07) is 14.0. The molecule has 0 saturated heterocycles. The van der Waals surface area contributed by atoms with Crippen molar-refractivity contribution >= 4 is 22.4 Å². The monoisotopic (exact) mass is 364 g/mol. The molecule has 1 N–H and O–H groups in total. The maximum Gasteiger partial charge on any atom is 0.224 e. The van der Waals surface area contributed by atoms with Gasteiger partial charge in [-0.1, -0.05) is 50.2 Å². The molecular weight excluding hydrogens is 336 g/mol. The highest BCUT2D eigenvalue weighted by Gasteiger charge is 2.13. The van der Waals surface area contributed by atoms with E-state index in [0.717, 1.165) is 47.5 Å². The Morgan fingerprint density at radius 1 is 1.04 bits per heavy atom. The minimum absolute atomic E-state index is 0.000682. The Labute approximate surface area is 160 Å². The Hall–Kier alpha value is -2.69. The second kappa shape index (κ2) is 8.80. The molecule has 0 aliphatic heterocycles. The van der Waals surface area contributed by atoms with Gasteiger partial charge in [-0.25, -0.2) is 0 Å². The molecule has 1 heterocycles. The average Bonchev–Trinajstić information content (AvgIpc) is 3.07. The van der Waals surface area contributed by atoms with Crippen LogP contribution >= 0.6 is 0 Å². The van der Waals surface area contributed by atoms with Crippen LogP contribution in [0.4, 0.5) is 5.69 Å². The van der Waals surface area contributed by atoms with Crippen molar-refractivity contribution < 1.29 is 4.79 Å². The SMILES string of the molecule is CCn1c(CCC(=O)Nc2cccc3ccccc23)nnc1CCC(C)C. The number of benzene rings is 2. The summed E-state index contributed by atoms with van der Waals surface area (Å²) in [6.45, 7) is 7.36. The Morgan fingerprint density at radius 3 is 2.48 bits per heavy atom. The zero-order valence-corrected chi connectivity index (χ0v) is 16.4. The van der Waals surface area contributed by atoms with Crippen molar-refractivity contribution in [3.8, 4) is 0 Å². The molecule has 0 aliphatic rings. The molecule has 5 heteroatoms. The lowest BCUT2D eigenvalue weighted by atomic mass is 10.1. The van der Waals surface area contributed by atoms with Crippen LogP contribution in [0.2, 0.25) is 0 Å². The van der Waals surface area contributed by atoms with Gasteiger partial charge in [0.1, 0.15) is 11.6 Å². The van der Waals surface area contributed by atoms with Crippen molar-refractivity contribution in [2.75, 3.05) is 5.32 Å². The van der Waals surface area contributed by atoms with Crippen molar-refractivity contribution in [2.24, 2.45) is 5.92 Å². The van der Waals surface area contributed by atoms with Crippen LogP contribution in [0.15, 0.2) is 42.5 Å². The van der Waals surface area contributed by atoms with Gasteiger partial charge in [-0.3, -0.25) is 4.79 Å². The fourth-order valence-corrected chi connectivity index (χ4v) is 3.30. The molecule has 3 aromatic rings. The summed E-state index contributed by atoms with van der Waals surface area (Å²) >= 11 is 0. The van der Waals surface area contributed by atoms with E-state index in [1.165, 1.54) is 0 Å². The summed E-state index contributed by atoms with van der Waals surface area (Å²) < 4.78 is 2.15. The number of aromatic nitrogens is 3. The van der Waals surface area contributed by atoms with Crippen molar-refractivity contribution in [3.05, 3.63) is 54.1 Å². The van der Waals surface area contributed by atoms with Gasteiger partial charge in [0.05, 0.1) is 0 Å². The lowest BCUT2D eigenvalue weighted by molar-refractivity contribution is -0.116. The summed E-state index contributed by atoms with van der Waals surface area (Å²) in [7, 11) is 0. The number of carbonyl (C=O) groups is 1. The fourth-order valence-electron chi connectivity index (χ4n) is 3.30. The van der Waals surface area contributed by atoms with Crippen LogP contribution in [0, 0.1) is 5.92 Å². The summed E-state index contributed by atoms with van der Waals surface area (Å²) in [4.78, 5) is 12.5. The first-order valence-corrected chi connectivity index (χ1v) is 9.77. The number of aryl methyl sites for hydroxylation is 2. The van der Waals surface area contributed by atoms with E-state index >= 15 is 0 Å². The van der Waals surface area contributed by atoms with Gasteiger partial charge in [0.15, 0.2) is 0 Å². The fraction of sp³-hybridized carbons (Fsp3) is 0.409. The average molecular weight is 364 g/mol. The first-order chi connectivity index (χ1) is 13.1. The Morgan fingerprint density at radius 2 is 1.74 bits per heavy atom. The molecule has 0 saturated carbocycles. The predicted octanol–water partition coefficient (Wildman–Crippen LogP) is 4.61. The van der Waals surface area contributed by atoms with Gasteiger partial charge in [0.25, 0.3) is 0 Å². The third-order valence-corrected chi connectivity index (χ3v) is 4.80. The Bertz CT molecular complexity index is 908. The highest BCUT2D eigenvalue weighted by Crippen LogP contribution is 2.23. The van der Waals surface area contributed by atoms with Gasteiger partial charge >= 0.3 is 0 Å². The third-order valence-electron chi connectivity index (χ3n) is 4.80. The van der Waals surface area contributed by atoms with Crippen LogP contribution in [0.3, 0.4) is 0 Å². The number of nitrogens with zero attached hydrogens (tertiary/aromatic N) is 3. The van der Waals surface area contributed by atoms with Gasteiger partial charge in [0, 0.05) is 36.9 Å². The molecule has 1 amide bonds. The first-order valence-electron chi connectivity index (χ1n) is 9.77. The minimum Gasteiger partial charge on any atom is -0.326 e. The van der Waals surface area contributed by atoms with Crippen LogP contribution in [-0.2, 0) is 24.2 Å². The Balaban J connectivity index is 1.64. The Kier molecular flexibility index (Phi) is 6.22. The van der Waals surface area contributed by atoms with Crippen LogP contribution in [-0.4, -0.2) is 20.7 Å². The molecule has 0 radical (unpaired) electrons. The van der Waals surface area contributed by atoms with E-state index in [0.29, 0.717) is 18.8 Å². The molecule has 2 aromatic carbocycles. The van der Waals surface area contributed by atoms with Crippen LogP contribution in [0.5, 0.6) is 0 Å². The van der Waals surface area contributed by atoms with Gasteiger partial charge in [-0.2, -0.15) is 0 Å². The van der Waals surface area contributed by atoms with Crippen molar-refractivity contribution in [1.82, 2.24) is 14.8 Å². The van der Waals surface area contributed by atoms with Gasteiger partial charge in [-0.15, -0.1) is 10.2 Å². The van der Waals surface area contributed by atoms with E-state index in [1.54, 1.807) is 0 Å². The number of anilines is 1. The highest BCUT2D eigenvalue weighted by atomic mass is 16.1. The molecular formula is C22H28N4O. The third kappa shape index (κ3) is 4.73. The lowest BCUT2D eigenvalue weighted by Crippen LogP contribution is -2.15. The van der Waals surface area contributed by atoms with E-state index < -0.39 is 0 Å². The topological polar surface area (TPSA) is 59.8 Å². The number of carbonyl (C=O) groups excluding carboxylic acids is 1. The molecule has 0 atom stereocenters. The van der Waals surface area contributed by atoms with E-state index in [2.05, 4.69) is 40.9 Å². The zero-order valence-electron chi connectivity index (χ0n) is 16.4. The molecule has 27 heavy (non-hydrogen) atoms. The predicted molar refractivity (Wildman–Crippen MR) is 110 cm³/mol. The van der Waals surface area contributed by atoms with E-state index in [4.69, 9.17) is 0 Å². The van der Waals surface area contributed by atoms with Crippen LogP contribution < -0.4 is 5.32 Å². The smallest absolute Gasteiger partial charge is 0.224 e. The molecule has 0 aliphatic carbocycles. The number of amides is 1. The van der Waals surface area contributed by atoms with E-state index in [1.807, 2.05) is 42.5 Å². The number of hydrogen-bond donors (Lipinski definition) is 1.